The van der Waals surface area contributed by atoms with Crippen LogP contribution in [-0.4, -0.2) is 29.7 Å². The Morgan fingerprint density at radius 1 is 1.32 bits per heavy atom. The van der Waals surface area contributed by atoms with E-state index in [1.807, 2.05) is 0 Å². The first-order chi connectivity index (χ1) is 9.04. The van der Waals surface area contributed by atoms with Gasteiger partial charge in [-0.25, -0.2) is 4.98 Å². The van der Waals surface area contributed by atoms with E-state index >= 15 is 0 Å². The Labute approximate surface area is 114 Å². The molecule has 0 radical (unpaired) electrons. The predicted molar refractivity (Wildman–Crippen MR) is 73.3 cm³/mol. The van der Waals surface area contributed by atoms with Crippen LogP contribution in [0, 0.1) is 5.41 Å². The summed E-state index contributed by atoms with van der Waals surface area (Å²) in [5.74, 6) is 1.68. The average molecular weight is 261 g/mol. The Morgan fingerprint density at radius 2 is 2.16 bits per heavy atom. The minimum atomic E-state index is 0.102. The molecule has 4 heteroatoms. The van der Waals surface area contributed by atoms with Gasteiger partial charge in [0.1, 0.15) is 11.9 Å². The summed E-state index contributed by atoms with van der Waals surface area (Å²) in [5.41, 5.74) is 3.29. The fourth-order valence-electron chi connectivity index (χ4n) is 4.40. The maximum absolute atomic E-state index is 5.82. The number of hydrogen-bond acceptors (Lipinski definition) is 3. The number of nitrogens with zero attached hydrogens (tertiary/aromatic N) is 1. The van der Waals surface area contributed by atoms with Crippen LogP contribution in [0.25, 0.3) is 0 Å². The molecule has 4 nitrogen and oxygen atoms in total. The second-order valence-electron chi connectivity index (χ2n) is 7.09. The van der Waals surface area contributed by atoms with Crippen LogP contribution >= 0.6 is 0 Å². The third kappa shape index (κ3) is 1.34. The molecule has 2 fully saturated rings. The number of H-pyrrole nitrogens is 1. The molecule has 2 heterocycles. The van der Waals surface area contributed by atoms with Crippen molar-refractivity contribution in [3.05, 3.63) is 17.2 Å². The normalized spacial score (nSPS) is 39.5. The molecule has 2 bridgehead atoms. The maximum atomic E-state index is 5.82. The molecule has 1 aromatic rings. The fourth-order valence-corrected chi connectivity index (χ4v) is 4.40. The summed E-state index contributed by atoms with van der Waals surface area (Å²) >= 11 is 0. The Bertz CT molecular complexity index is 515. The number of ether oxygens (including phenoxy) is 1. The fraction of sp³-hybridized carbons (Fsp3) is 0.800. The van der Waals surface area contributed by atoms with Gasteiger partial charge in [0.15, 0.2) is 0 Å². The second kappa shape index (κ2) is 3.61. The number of fused-ring (bicyclic) bond motifs is 5. The summed E-state index contributed by atoms with van der Waals surface area (Å²) in [7, 11) is 0. The van der Waals surface area contributed by atoms with Crippen LogP contribution in [0.5, 0.6) is 0 Å². The van der Waals surface area contributed by atoms with E-state index in [4.69, 9.17) is 9.72 Å². The Balaban J connectivity index is 1.74. The van der Waals surface area contributed by atoms with E-state index in [1.165, 1.54) is 24.2 Å². The van der Waals surface area contributed by atoms with Crippen molar-refractivity contribution in [2.75, 3.05) is 19.7 Å². The Kier molecular flexibility index (Phi) is 2.26. The summed E-state index contributed by atoms with van der Waals surface area (Å²) in [6, 6.07) is 0. The molecular weight excluding hydrogens is 238 g/mol. The van der Waals surface area contributed by atoms with Crippen LogP contribution in [0.4, 0.5) is 0 Å². The van der Waals surface area contributed by atoms with Gasteiger partial charge in [0, 0.05) is 30.1 Å². The molecule has 1 aromatic heterocycles. The van der Waals surface area contributed by atoms with Gasteiger partial charge in [-0.05, 0) is 18.3 Å². The molecule has 0 aromatic carbocycles. The molecule has 4 rings (SSSR count). The Morgan fingerprint density at radius 3 is 2.84 bits per heavy atom. The average Bonchev–Trinajstić information content (AvgIpc) is 2.97. The molecule has 0 spiro atoms. The number of imidazole rings is 1. The van der Waals surface area contributed by atoms with Crippen LogP contribution in [0.2, 0.25) is 0 Å². The number of nitrogens with one attached hydrogen (secondary N) is 2. The highest BCUT2D eigenvalue weighted by atomic mass is 16.5. The van der Waals surface area contributed by atoms with Crippen LogP contribution < -0.4 is 5.32 Å². The first kappa shape index (κ1) is 11.9. The van der Waals surface area contributed by atoms with Gasteiger partial charge in [0.25, 0.3) is 0 Å². The number of morpholine rings is 1. The molecule has 3 aliphatic rings. The zero-order chi connectivity index (χ0) is 13.3. The highest BCUT2D eigenvalue weighted by Crippen LogP contribution is 2.67. The third-order valence-electron chi connectivity index (χ3n) is 6.08. The molecule has 19 heavy (non-hydrogen) atoms. The lowest BCUT2D eigenvalue weighted by Crippen LogP contribution is -2.35. The molecule has 1 saturated heterocycles. The maximum Gasteiger partial charge on any atom is 0.137 e. The summed E-state index contributed by atoms with van der Waals surface area (Å²) < 4.78 is 5.82. The molecule has 0 amide bonds. The first-order valence-electron chi connectivity index (χ1n) is 7.46. The van der Waals surface area contributed by atoms with Crippen molar-refractivity contribution in [1.29, 1.82) is 0 Å². The highest BCUT2D eigenvalue weighted by Gasteiger charge is 2.61. The third-order valence-corrected chi connectivity index (χ3v) is 6.08. The van der Waals surface area contributed by atoms with Gasteiger partial charge < -0.3 is 15.0 Å². The van der Waals surface area contributed by atoms with Crippen molar-refractivity contribution in [3.8, 4) is 0 Å². The summed E-state index contributed by atoms with van der Waals surface area (Å²) in [6.45, 7) is 9.80. The summed E-state index contributed by atoms with van der Waals surface area (Å²) in [4.78, 5) is 8.54. The lowest BCUT2D eigenvalue weighted by Gasteiger charge is -2.34. The lowest BCUT2D eigenvalue weighted by atomic mass is 9.70. The van der Waals surface area contributed by atoms with Crippen LogP contribution in [0.1, 0.15) is 62.8 Å². The van der Waals surface area contributed by atoms with Gasteiger partial charge in [-0.15, -0.1) is 0 Å². The van der Waals surface area contributed by atoms with E-state index in [0.717, 1.165) is 25.5 Å². The van der Waals surface area contributed by atoms with Gasteiger partial charge >= 0.3 is 0 Å². The molecule has 1 aliphatic heterocycles. The van der Waals surface area contributed by atoms with Crippen molar-refractivity contribution >= 4 is 0 Å². The minimum Gasteiger partial charge on any atom is -0.368 e. The van der Waals surface area contributed by atoms with Crippen molar-refractivity contribution in [1.82, 2.24) is 15.3 Å². The SMILES string of the molecule is CC12CCC(c3[nH]c(C4CNCCO4)nc31)C2(C)C. The van der Waals surface area contributed by atoms with E-state index in [0.29, 0.717) is 11.3 Å². The molecule has 2 aliphatic carbocycles. The molecule has 104 valence electrons. The van der Waals surface area contributed by atoms with E-state index in [1.54, 1.807) is 0 Å². The first-order valence-corrected chi connectivity index (χ1v) is 7.46. The van der Waals surface area contributed by atoms with Gasteiger partial charge in [0.2, 0.25) is 0 Å². The zero-order valence-corrected chi connectivity index (χ0v) is 12.0. The van der Waals surface area contributed by atoms with Gasteiger partial charge in [-0.2, -0.15) is 0 Å². The van der Waals surface area contributed by atoms with E-state index < -0.39 is 0 Å². The highest BCUT2D eigenvalue weighted by molar-refractivity contribution is 5.42. The van der Waals surface area contributed by atoms with Gasteiger partial charge in [-0.1, -0.05) is 20.8 Å². The minimum absolute atomic E-state index is 0.102. The van der Waals surface area contributed by atoms with Gasteiger partial charge in [0.05, 0.1) is 12.3 Å². The van der Waals surface area contributed by atoms with E-state index in [9.17, 15) is 0 Å². The molecule has 3 unspecified atom stereocenters. The lowest BCUT2D eigenvalue weighted by molar-refractivity contribution is 0.0222. The van der Waals surface area contributed by atoms with Crippen molar-refractivity contribution in [3.63, 3.8) is 0 Å². The summed E-state index contributed by atoms with van der Waals surface area (Å²) in [5, 5.41) is 3.38. The van der Waals surface area contributed by atoms with Crippen molar-refractivity contribution in [2.45, 2.75) is 51.0 Å². The molecular formula is C15H23N3O. The summed E-state index contributed by atoms with van der Waals surface area (Å²) in [6.07, 6.45) is 2.67. The van der Waals surface area contributed by atoms with Crippen molar-refractivity contribution < 1.29 is 4.74 Å². The number of rotatable bonds is 1. The van der Waals surface area contributed by atoms with Crippen LogP contribution in [-0.2, 0) is 10.2 Å². The molecule has 3 atom stereocenters. The smallest absolute Gasteiger partial charge is 0.137 e. The van der Waals surface area contributed by atoms with Crippen molar-refractivity contribution in [2.24, 2.45) is 5.41 Å². The molecule has 1 saturated carbocycles. The topological polar surface area (TPSA) is 49.9 Å². The quantitative estimate of drug-likeness (QED) is 0.815. The standard InChI is InChI=1S/C15H23N3O/c1-14(2)9-4-5-15(14,3)12-11(9)17-13(18-12)10-8-16-6-7-19-10/h9-10,16H,4-8H2,1-3H3,(H,17,18). The van der Waals surface area contributed by atoms with Crippen LogP contribution in [0.15, 0.2) is 0 Å². The van der Waals surface area contributed by atoms with Gasteiger partial charge in [-0.3, -0.25) is 0 Å². The number of hydrogen-bond donors (Lipinski definition) is 2. The van der Waals surface area contributed by atoms with Crippen LogP contribution in [0.3, 0.4) is 0 Å². The second-order valence-corrected chi connectivity index (χ2v) is 7.09. The largest absolute Gasteiger partial charge is 0.368 e. The molecule has 2 N–H and O–H groups in total. The number of aromatic nitrogens is 2. The Hall–Kier alpha value is -0.870. The zero-order valence-electron chi connectivity index (χ0n) is 12.0. The van der Waals surface area contributed by atoms with E-state index in [2.05, 4.69) is 31.1 Å². The monoisotopic (exact) mass is 261 g/mol. The van der Waals surface area contributed by atoms with E-state index in [-0.39, 0.29) is 11.5 Å². The number of aromatic amines is 1. The predicted octanol–water partition coefficient (Wildman–Crippen LogP) is 2.25.